The molecule has 0 unspecified atom stereocenters. The topological polar surface area (TPSA) is 118 Å². The van der Waals surface area contributed by atoms with E-state index < -0.39 is 10.0 Å². The SMILES string of the molecule is O=C(NCCn1ccnc1)c1cc(NCc2ccoc2)cc(S(=O)(=O)Nc2ccccc2)c1. The summed E-state index contributed by atoms with van der Waals surface area (Å²) in [6, 6.07) is 14.9. The van der Waals surface area contributed by atoms with Gasteiger partial charge in [-0.3, -0.25) is 9.52 Å². The maximum atomic E-state index is 13.0. The predicted octanol–water partition coefficient (Wildman–Crippen LogP) is 3.32. The van der Waals surface area contributed by atoms with Crippen molar-refractivity contribution in [3.05, 3.63) is 97.0 Å². The number of carbonyl (C=O) groups is 1. The zero-order valence-electron chi connectivity index (χ0n) is 17.6. The number of nitrogens with zero attached hydrogens (tertiary/aromatic N) is 2. The number of imidazole rings is 1. The highest BCUT2D eigenvalue weighted by atomic mass is 32.2. The fourth-order valence-corrected chi connectivity index (χ4v) is 4.25. The summed E-state index contributed by atoms with van der Waals surface area (Å²) in [6.07, 6.45) is 8.27. The number of rotatable bonds is 10. The van der Waals surface area contributed by atoms with Crippen molar-refractivity contribution in [1.82, 2.24) is 14.9 Å². The number of furan rings is 1. The summed E-state index contributed by atoms with van der Waals surface area (Å²) in [5.74, 6) is -0.377. The molecule has 0 spiro atoms. The zero-order valence-corrected chi connectivity index (χ0v) is 18.5. The summed E-state index contributed by atoms with van der Waals surface area (Å²) in [5, 5.41) is 5.97. The van der Waals surface area contributed by atoms with E-state index in [1.807, 2.05) is 4.57 Å². The van der Waals surface area contributed by atoms with Crippen molar-refractivity contribution >= 4 is 27.3 Å². The van der Waals surface area contributed by atoms with Crippen LogP contribution < -0.4 is 15.4 Å². The second kappa shape index (κ2) is 10.0. The standard InChI is InChI=1S/C23H23N5O4S/c29-23(25-8-10-28-9-7-24-17-28)19-12-21(26-15-18-6-11-32-16-18)14-22(13-19)33(30,31)27-20-4-2-1-3-5-20/h1-7,9,11-14,16-17,26-27H,8,10,15H2,(H,25,29). The number of sulfonamides is 1. The van der Waals surface area contributed by atoms with E-state index in [4.69, 9.17) is 4.42 Å². The Balaban J connectivity index is 1.56. The van der Waals surface area contributed by atoms with Crippen LogP contribution in [-0.2, 0) is 23.1 Å². The van der Waals surface area contributed by atoms with Gasteiger partial charge in [0.1, 0.15) is 0 Å². The average Bonchev–Trinajstić information content (AvgIpc) is 3.52. The molecular formula is C23H23N5O4S. The van der Waals surface area contributed by atoms with E-state index in [-0.39, 0.29) is 16.4 Å². The third-order valence-corrected chi connectivity index (χ3v) is 6.16. The van der Waals surface area contributed by atoms with Crippen molar-refractivity contribution < 1.29 is 17.6 Å². The molecule has 4 aromatic rings. The summed E-state index contributed by atoms with van der Waals surface area (Å²) >= 11 is 0. The van der Waals surface area contributed by atoms with Gasteiger partial charge in [0.2, 0.25) is 0 Å². The van der Waals surface area contributed by atoms with Gasteiger partial charge in [0.25, 0.3) is 15.9 Å². The lowest BCUT2D eigenvalue weighted by Crippen LogP contribution is -2.27. The number of nitrogens with one attached hydrogen (secondary N) is 3. The van der Waals surface area contributed by atoms with Crippen LogP contribution in [0, 0.1) is 0 Å². The molecule has 0 fully saturated rings. The van der Waals surface area contributed by atoms with E-state index in [0.29, 0.717) is 31.0 Å². The molecule has 0 saturated carbocycles. The molecule has 2 heterocycles. The van der Waals surface area contributed by atoms with Gasteiger partial charge in [0, 0.05) is 54.5 Å². The Bertz CT molecular complexity index is 1290. The molecule has 33 heavy (non-hydrogen) atoms. The number of benzene rings is 2. The van der Waals surface area contributed by atoms with Crippen LogP contribution in [0.15, 0.2) is 95.2 Å². The van der Waals surface area contributed by atoms with Gasteiger partial charge in [-0.1, -0.05) is 18.2 Å². The molecule has 0 aliphatic rings. The van der Waals surface area contributed by atoms with Crippen LogP contribution in [-0.4, -0.2) is 30.4 Å². The van der Waals surface area contributed by atoms with E-state index in [1.54, 1.807) is 73.7 Å². The van der Waals surface area contributed by atoms with E-state index in [1.165, 1.54) is 12.1 Å². The van der Waals surface area contributed by atoms with Gasteiger partial charge in [-0.25, -0.2) is 13.4 Å². The molecule has 9 nitrogen and oxygen atoms in total. The predicted molar refractivity (Wildman–Crippen MR) is 124 cm³/mol. The number of hydrogen-bond acceptors (Lipinski definition) is 6. The molecule has 0 aliphatic carbocycles. The van der Waals surface area contributed by atoms with Crippen LogP contribution in [0.5, 0.6) is 0 Å². The second-order valence-corrected chi connectivity index (χ2v) is 8.94. The van der Waals surface area contributed by atoms with Gasteiger partial charge in [0.15, 0.2) is 0 Å². The Kier molecular flexibility index (Phi) is 6.75. The lowest BCUT2D eigenvalue weighted by Gasteiger charge is -2.13. The summed E-state index contributed by atoms with van der Waals surface area (Å²) < 4.78 is 35.5. The van der Waals surface area contributed by atoms with Gasteiger partial charge < -0.3 is 19.6 Å². The number of amides is 1. The third-order valence-electron chi connectivity index (χ3n) is 4.80. The number of para-hydroxylation sites is 1. The van der Waals surface area contributed by atoms with Crippen LogP contribution in [0.25, 0.3) is 0 Å². The first-order valence-electron chi connectivity index (χ1n) is 10.2. The summed E-state index contributed by atoms with van der Waals surface area (Å²) in [4.78, 5) is 16.7. The van der Waals surface area contributed by atoms with Gasteiger partial charge >= 0.3 is 0 Å². The van der Waals surface area contributed by atoms with Crippen LogP contribution in [0.4, 0.5) is 11.4 Å². The van der Waals surface area contributed by atoms with E-state index in [0.717, 1.165) is 5.56 Å². The maximum Gasteiger partial charge on any atom is 0.261 e. The Hall–Kier alpha value is -4.05. The maximum absolute atomic E-state index is 13.0. The van der Waals surface area contributed by atoms with Crippen molar-refractivity contribution in [3.63, 3.8) is 0 Å². The highest BCUT2D eigenvalue weighted by Gasteiger charge is 2.19. The minimum Gasteiger partial charge on any atom is -0.472 e. The Morgan fingerprint density at radius 2 is 1.91 bits per heavy atom. The highest BCUT2D eigenvalue weighted by molar-refractivity contribution is 7.92. The minimum absolute atomic E-state index is 0.0247. The largest absolute Gasteiger partial charge is 0.472 e. The van der Waals surface area contributed by atoms with Crippen LogP contribution in [0.2, 0.25) is 0 Å². The number of hydrogen-bond donors (Lipinski definition) is 3. The third kappa shape index (κ3) is 6.01. The molecule has 0 aliphatic heterocycles. The first-order valence-corrected chi connectivity index (χ1v) is 11.7. The lowest BCUT2D eigenvalue weighted by molar-refractivity contribution is 0.0952. The molecule has 1 amide bonds. The number of aromatic nitrogens is 2. The zero-order chi connectivity index (χ0) is 23.1. The molecule has 170 valence electrons. The van der Waals surface area contributed by atoms with Crippen molar-refractivity contribution in [2.24, 2.45) is 0 Å². The Morgan fingerprint density at radius 3 is 2.64 bits per heavy atom. The molecule has 3 N–H and O–H groups in total. The lowest BCUT2D eigenvalue weighted by atomic mass is 10.2. The van der Waals surface area contributed by atoms with Crippen LogP contribution in [0.1, 0.15) is 15.9 Å². The van der Waals surface area contributed by atoms with Gasteiger partial charge in [-0.05, 0) is 36.4 Å². The summed E-state index contributed by atoms with van der Waals surface area (Å²) in [7, 11) is -3.92. The molecule has 10 heteroatoms. The fraction of sp³-hybridized carbons (Fsp3) is 0.130. The normalized spacial score (nSPS) is 11.2. The smallest absolute Gasteiger partial charge is 0.261 e. The van der Waals surface area contributed by atoms with Crippen LogP contribution in [0.3, 0.4) is 0 Å². The van der Waals surface area contributed by atoms with Crippen molar-refractivity contribution in [2.45, 2.75) is 18.0 Å². The summed E-state index contributed by atoms with van der Waals surface area (Å²) in [5.41, 5.74) is 2.04. The Labute approximate surface area is 191 Å². The first kappa shape index (κ1) is 22.2. The van der Waals surface area contributed by atoms with E-state index >= 15 is 0 Å². The molecule has 4 rings (SSSR count). The van der Waals surface area contributed by atoms with Gasteiger partial charge in [-0.2, -0.15) is 0 Å². The van der Waals surface area contributed by atoms with E-state index in [2.05, 4.69) is 20.3 Å². The minimum atomic E-state index is -3.92. The monoisotopic (exact) mass is 465 g/mol. The number of anilines is 2. The second-order valence-electron chi connectivity index (χ2n) is 7.26. The first-order chi connectivity index (χ1) is 16.0. The van der Waals surface area contributed by atoms with Gasteiger partial charge in [0.05, 0.1) is 23.7 Å². The average molecular weight is 466 g/mol. The summed E-state index contributed by atoms with van der Waals surface area (Å²) in [6.45, 7) is 1.32. The Morgan fingerprint density at radius 1 is 1.06 bits per heavy atom. The fourth-order valence-electron chi connectivity index (χ4n) is 3.12. The molecule has 2 aromatic heterocycles. The van der Waals surface area contributed by atoms with Crippen molar-refractivity contribution in [2.75, 3.05) is 16.6 Å². The highest BCUT2D eigenvalue weighted by Crippen LogP contribution is 2.22. The van der Waals surface area contributed by atoms with Gasteiger partial charge in [-0.15, -0.1) is 0 Å². The molecule has 2 aromatic carbocycles. The van der Waals surface area contributed by atoms with Crippen molar-refractivity contribution in [3.8, 4) is 0 Å². The molecule has 0 bridgehead atoms. The quantitative estimate of drug-likeness (QED) is 0.331. The van der Waals surface area contributed by atoms with Crippen molar-refractivity contribution in [1.29, 1.82) is 0 Å². The molecule has 0 radical (unpaired) electrons. The molecule has 0 saturated heterocycles. The van der Waals surface area contributed by atoms with Crippen LogP contribution >= 0.6 is 0 Å². The molecular weight excluding hydrogens is 442 g/mol. The van der Waals surface area contributed by atoms with E-state index in [9.17, 15) is 13.2 Å². The molecule has 0 atom stereocenters. The number of carbonyl (C=O) groups excluding carboxylic acids is 1.